The molecule has 9 heteroatoms. The maximum Gasteiger partial charge on any atom is 0.335 e. The number of nitrogens with zero attached hydrogens (tertiary/aromatic N) is 1. The molecule has 34 heavy (non-hydrogen) atoms. The minimum Gasteiger partial charge on any atom is -0.495 e. The Balaban J connectivity index is 2.00. The number of Topliss-reactive ketones (excluding diaryl/α,β-unsaturated/α-hetero) is 1. The van der Waals surface area contributed by atoms with E-state index in [-0.39, 0.29) is 11.3 Å². The number of methoxy groups -OCH3 is 1. The lowest BCUT2D eigenvalue weighted by Gasteiger charge is -2.20. The highest BCUT2D eigenvalue weighted by atomic mass is 35.5. The lowest BCUT2D eigenvalue weighted by Crippen LogP contribution is -2.32. The van der Waals surface area contributed by atoms with Gasteiger partial charge in [0.05, 0.1) is 18.9 Å². The van der Waals surface area contributed by atoms with Crippen molar-refractivity contribution in [2.75, 3.05) is 12.4 Å². The number of amides is 1. The Bertz CT molecular complexity index is 1310. The zero-order valence-electron chi connectivity index (χ0n) is 18.8. The van der Waals surface area contributed by atoms with E-state index in [1.807, 2.05) is 0 Å². The number of nitrogens with one attached hydrogen (secondary N) is 1. The van der Waals surface area contributed by atoms with Crippen LogP contribution in [0.1, 0.15) is 47.0 Å². The summed E-state index contributed by atoms with van der Waals surface area (Å²) in [7, 11) is 1.43. The van der Waals surface area contributed by atoms with Crippen LogP contribution in [0.5, 0.6) is 5.75 Å². The third kappa shape index (κ3) is 5.18. The monoisotopic (exact) mass is 482 g/mol. The van der Waals surface area contributed by atoms with Crippen LogP contribution in [0.15, 0.2) is 59.5 Å². The number of benzene rings is 2. The van der Waals surface area contributed by atoms with Gasteiger partial charge in [-0.25, -0.2) is 4.79 Å². The molecule has 3 rings (SSSR count). The van der Waals surface area contributed by atoms with Crippen molar-refractivity contribution in [3.8, 4) is 16.9 Å². The van der Waals surface area contributed by atoms with Crippen molar-refractivity contribution in [3.63, 3.8) is 0 Å². The summed E-state index contributed by atoms with van der Waals surface area (Å²) in [5.41, 5.74) is 1.25. The Morgan fingerprint density at radius 3 is 2.32 bits per heavy atom. The van der Waals surface area contributed by atoms with Gasteiger partial charge in [-0.15, -0.1) is 0 Å². The molecule has 1 amide bonds. The molecule has 0 saturated heterocycles. The Kier molecular flexibility index (Phi) is 7.53. The zero-order chi connectivity index (χ0) is 25.0. The molecule has 8 nitrogen and oxygen atoms in total. The van der Waals surface area contributed by atoms with E-state index in [4.69, 9.17) is 21.4 Å². The van der Waals surface area contributed by atoms with Crippen LogP contribution in [0.4, 0.5) is 5.69 Å². The van der Waals surface area contributed by atoms with Gasteiger partial charge in [0.1, 0.15) is 11.8 Å². The van der Waals surface area contributed by atoms with Gasteiger partial charge < -0.3 is 15.2 Å². The van der Waals surface area contributed by atoms with Gasteiger partial charge in [0.15, 0.2) is 5.78 Å². The Morgan fingerprint density at radius 1 is 1.09 bits per heavy atom. The number of carbonyl (C=O) groups excluding carboxylic acids is 2. The highest BCUT2D eigenvalue weighted by Gasteiger charge is 2.23. The molecule has 1 unspecified atom stereocenters. The van der Waals surface area contributed by atoms with Crippen LogP contribution in [0.25, 0.3) is 11.1 Å². The van der Waals surface area contributed by atoms with Crippen LogP contribution in [-0.2, 0) is 4.79 Å². The molecule has 1 aromatic heterocycles. The number of pyridine rings is 1. The molecule has 0 spiro atoms. The smallest absolute Gasteiger partial charge is 0.335 e. The van der Waals surface area contributed by atoms with Crippen LogP contribution >= 0.6 is 11.6 Å². The number of anilines is 1. The lowest BCUT2D eigenvalue weighted by molar-refractivity contribution is -0.119. The van der Waals surface area contributed by atoms with Gasteiger partial charge in [-0.3, -0.25) is 19.0 Å². The van der Waals surface area contributed by atoms with E-state index in [1.165, 1.54) is 55.1 Å². The molecule has 0 aliphatic rings. The average Bonchev–Trinajstić information content (AvgIpc) is 2.80. The first-order valence-electron chi connectivity index (χ1n) is 10.4. The van der Waals surface area contributed by atoms with Crippen LogP contribution in [0.3, 0.4) is 0 Å². The molecule has 0 radical (unpaired) electrons. The molecule has 2 aromatic carbocycles. The largest absolute Gasteiger partial charge is 0.495 e. The number of halogens is 1. The molecule has 0 bridgehead atoms. The molecule has 0 aliphatic carbocycles. The third-order valence-corrected chi connectivity index (χ3v) is 5.57. The number of hydrogen-bond acceptors (Lipinski definition) is 5. The second-order valence-electron chi connectivity index (χ2n) is 7.54. The fourth-order valence-corrected chi connectivity index (χ4v) is 3.79. The third-order valence-electron chi connectivity index (χ3n) is 5.34. The number of hydrogen-bond donors (Lipinski definition) is 2. The topological polar surface area (TPSA) is 115 Å². The first-order valence-corrected chi connectivity index (χ1v) is 10.8. The van der Waals surface area contributed by atoms with E-state index in [0.29, 0.717) is 39.6 Å². The highest BCUT2D eigenvalue weighted by molar-refractivity contribution is 6.31. The fourth-order valence-electron chi connectivity index (χ4n) is 3.62. The molecule has 3 aromatic rings. The Labute approximate surface area is 200 Å². The van der Waals surface area contributed by atoms with Crippen molar-refractivity contribution in [1.82, 2.24) is 4.57 Å². The summed E-state index contributed by atoms with van der Waals surface area (Å²) < 4.78 is 6.76. The molecule has 0 fully saturated rings. The van der Waals surface area contributed by atoms with E-state index in [0.717, 1.165) is 0 Å². The predicted molar refractivity (Wildman–Crippen MR) is 129 cm³/mol. The van der Waals surface area contributed by atoms with Gasteiger partial charge in [-0.1, -0.05) is 18.5 Å². The van der Waals surface area contributed by atoms with Crippen molar-refractivity contribution in [1.29, 1.82) is 0 Å². The molecule has 0 saturated carbocycles. The SMILES string of the molecule is CCC(C(=O)Nc1ccc(C(=O)O)cc1)n1cc(OC)c(-c2cc(Cl)ccc2C(C)=O)cc1=O. The number of ether oxygens (including phenoxy) is 1. The molecular weight excluding hydrogens is 460 g/mol. The molecule has 1 atom stereocenters. The van der Waals surface area contributed by atoms with E-state index >= 15 is 0 Å². The lowest BCUT2D eigenvalue weighted by atomic mass is 9.97. The number of aromatic nitrogens is 1. The standard InChI is InChI=1S/C25H23ClN2O6/c1-4-21(24(31)27-17-8-5-15(6-9-17)25(32)33)28-13-22(34-3)20(12-23(28)30)19-11-16(26)7-10-18(19)14(2)29/h5-13,21H,4H2,1-3H3,(H,27,31)(H,32,33). The van der Waals surface area contributed by atoms with Crippen molar-refractivity contribution in [2.45, 2.75) is 26.3 Å². The number of aromatic carboxylic acids is 1. The van der Waals surface area contributed by atoms with Crippen LogP contribution in [0, 0.1) is 0 Å². The first kappa shape index (κ1) is 24.7. The van der Waals surface area contributed by atoms with Gasteiger partial charge in [-0.2, -0.15) is 0 Å². The Morgan fingerprint density at radius 2 is 1.76 bits per heavy atom. The summed E-state index contributed by atoms with van der Waals surface area (Å²) in [6.07, 6.45) is 1.74. The summed E-state index contributed by atoms with van der Waals surface area (Å²) >= 11 is 6.14. The van der Waals surface area contributed by atoms with Crippen LogP contribution < -0.4 is 15.6 Å². The summed E-state index contributed by atoms with van der Waals surface area (Å²) in [6.45, 7) is 3.18. The molecule has 176 valence electrons. The minimum atomic E-state index is -1.07. The summed E-state index contributed by atoms with van der Waals surface area (Å²) in [6, 6.07) is 10.9. The maximum absolute atomic E-state index is 13.1. The van der Waals surface area contributed by atoms with E-state index in [2.05, 4.69) is 5.32 Å². The number of carbonyl (C=O) groups is 3. The highest BCUT2D eigenvalue weighted by Crippen LogP contribution is 2.34. The Hall–Kier alpha value is -3.91. The number of ketones is 1. The van der Waals surface area contributed by atoms with Crippen molar-refractivity contribution in [2.24, 2.45) is 0 Å². The first-order chi connectivity index (χ1) is 16.2. The van der Waals surface area contributed by atoms with Crippen LogP contribution in [0.2, 0.25) is 5.02 Å². The second kappa shape index (κ2) is 10.4. The average molecular weight is 483 g/mol. The summed E-state index contributed by atoms with van der Waals surface area (Å²) in [5, 5.41) is 12.1. The van der Waals surface area contributed by atoms with Gasteiger partial charge in [-0.05, 0) is 61.4 Å². The van der Waals surface area contributed by atoms with Gasteiger partial charge in [0, 0.05) is 27.9 Å². The maximum atomic E-state index is 13.1. The number of carboxylic acids is 1. The summed E-state index contributed by atoms with van der Waals surface area (Å²) in [5.74, 6) is -1.43. The van der Waals surface area contributed by atoms with Gasteiger partial charge >= 0.3 is 5.97 Å². The molecule has 2 N–H and O–H groups in total. The quantitative estimate of drug-likeness (QED) is 0.451. The predicted octanol–water partition coefficient (Wildman–Crippen LogP) is 4.67. The van der Waals surface area contributed by atoms with Gasteiger partial charge in [0.2, 0.25) is 5.91 Å². The minimum absolute atomic E-state index is 0.0903. The van der Waals surface area contributed by atoms with Crippen molar-refractivity contribution >= 4 is 34.9 Å². The zero-order valence-corrected chi connectivity index (χ0v) is 19.6. The van der Waals surface area contributed by atoms with E-state index in [1.54, 1.807) is 25.1 Å². The molecule has 1 heterocycles. The number of carboxylic acid groups (broad SMARTS) is 1. The van der Waals surface area contributed by atoms with E-state index in [9.17, 15) is 19.2 Å². The van der Waals surface area contributed by atoms with Gasteiger partial charge in [0.25, 0.3) is 5.56 Å². The normalized spacial score (nSPS) is 11.5. The molecule has 0 aliphatic heterocycles. The molecular formula is C25H23ClN2O6. The van der Waals surface area contributed by atoms with Crippen molar-refractivity contribution < 1.29 is 24.2 Å². The van der Waals surface area contributed by atoms with Crippen LogP contribution in [-0.4, -0.2) is 34.4 Å². The van der Waals surface area contributed by atoms with E-state index < -0.39 is 23.5 Å². The summed E-state index contributed by atoms with van der Waals surface area (Å²) in [4.78, 5) is 49.2. The fraction of sp³-hybridized carbons (Fsp3) is 0.200. The van der Waals surface area contributed by atoms with Crippen molar-refractivity contribution in [3.05, 3.63) is 81.2 Å². The number of rotatable bonds is 8. The second-order valence-corrected chi connectivity index (χ2v) is 7.98.